The van der Waals surface area contributed by atoms with Crippen LogP contribution >= 0.6 is 0 Å². The summed E-state index contributed by atoms with van der Waals surface area (Å²) in [5.41, 5.74) is 0.338. The second-order valence-electron chi connectivity index (χ2n) is 3.38. The standard InChI is InChI=1S/C9H12N4O2/c1-2-3-4-13-7-6(11-9(13)15)5-10-8(14)12-7/h5H,2-4H2,1H3,(H,11,15)(H,10,12,14). The highest BCUT2D eigenvalue weighted by Crippen LogP contribution is 2.03. The van der Waals surface area contributed by atoms with Crippen molar-refractivity contribution in [1.29, 1.82) is 0 Å². The summed E-state index contributed by atoms with van der Waals surface area (Å²) in [6.45, 7) is 2.63. The van der Waals surface area contributed by atoms with E-state index in [4.69, 9.17) is 0 Å². The Morgan fingerprint density at radius 1 is 1.47 bits per heavy atom. The smallest absolute Gasteiger partial charge is 0.310 e. The number of H-pyrrole nitrogens is 2. The second-order valence-corrected chi connectivity index (χ2v) is 3.38. The summed E-state index contributed by atoms with van der Waals surface area (Å²) in [4.78, 5) is 31.4. The quantitative estimate of drug-likeness (QED) is 0.756. The van der Waals surface area contributed by atoms with Crippen LogP contribution in [-0.2, 0) is 6.54 Å². The number of imidazole rings is 1. The van der Waals surface area contributed by atoms with E-state index in [0.29, 0.717) is 17.7 Å². The molecule has 0 saturated heterocycles. The molecule has 80 valence electrons. The van der Waals surface area contributed by atoms with Crippen molar-refractivity contribution < 1.29 is 0 Å². The molecule has 6 heteroatoms. The molecule has 2 heterocycles. The van der Waals surface area contributed by atoms with Crippen LogP contribution in [0.4, 0.5) is 0 Å². The fourth-order valence-electron chi connectivity index (χ4n) is 1.49. The Labute approximate surface area is 85.0 Å². The van der Waals surface area contributed by atoms with E-state index in [1.807, 2.05) is 6.92 Å². The summed E-state index contributed by atoms with van der Waals surface area (Å²) < 4.78 is 1.49. The fraction of sp³-hybridized carbons (Fsp3) is 0.444. The van der Waals surface area contributed by atoms with E-state index in [2.05, 4.69) is 15.0 Å². The molecule has 0 bridgehead atoms. The largest absolute Gasteiger partial charge is 0.347 e. The molecule has 0 radical (unpaired) electrons. The van der Waals surface area contributed by atoms with Crippen LogP contribution < -0.4 is 11.4 Å². The normalized spacial score (nSPS) is 11.0. The third-order valence-electron chi connectivity index (χ3n) is 2.27. The van der Waals surface area contributed by atoms with Crippen molar-refractivity contribution in [2.75, 3.05) is 0 Å². The Morgan fingerprint density at radius 2 is 2.27 bits per heavy atom. The van der Waals surface area contributed by atoms with Crippen molar-refractivity contribution in [3.63, 3.8) is 0 Å². The number of rotatable bonds is 3. The number of unbranched alkanes of at least 4 members (excludes halogenated alkanes) is 1. The lowest BCUT2D eigenvalue weighted by Gasteiger charge is -1.99. The van der Waals surface area contributed by atoms with Crippen molar-refractivity contribution >= 4 is 11.2 Å². The predicted molar refractivity (Wildman–Crippen MR) is 55.9 cm³/mol. The van der Waals surface area contributed by atoms with Gasteiger partial charge in [-0.25, -0.2) is 9.59 Å². The maximum Gasteiger partial charge on any atom is 0.347 e. The number of aromatic amines is 2. The number of aromatic nitrogens is 4. The summed E-state index contributed by atoms with van der Waals surface area (Å²) in [5.74, 6) is 0. The zero-order chi connectivity index (χ0) is 10.8. The fourth-order valence-corrected chi connectivity index (χ4v) is 1.49. The highest BCUT2D eigenvalue weighted by atomic mass is 16.2. The van der Waals surface area contributed by atoms with Gasteiger partial charge in [0.25, 0.3) is 0 Å². The average molecular weight is 208 g/mol. The first-order valence-corrected chi connectivity index (χ1v) is 4.90. The molecule has 0 aliphatic rings. The minimum absolute atomic E-state index is 0.218. The minimum Gasteiger partial charge on any atom is -0.310 e. The first-order chi connectivity index (χ1) is 7.22. The lowest BCUT2D eigenvalue weighted by molar-refractivity contribution is 0.625. The third kappa shape index (κ3) is 1.70. The van der Waals surface area contributed by atoms with Crippen LogP contribution in [0.5, 0.6) is 0 Å². The van der Waals surface area contributed by atoms with E-state index >= 15 is 0 Å². The molecule has 6 nitrogen and oxygen atoms in total. The van der Waals surface area contributed by atoms with E-state index in [-0.39, 0.29) is 5.69 Å². The van der Waals surface area contributed by atoms with Crippen molar-refractivity contribution in [2.24, 2.45) is 0 Å². The summed E-state index contributed by atoms with van der Waals surface area (Å²) in [6.07, 6.45) is 3.35. The highest BCUT2D eigenvalue weighted by molar-refractivity contribution is 5.68. The van der Waals surface area contributed by atoms with Crippen molar-refractivity contribution in [2.45, 2.75) is 26.3 Å². The van der Waals surface area contributed by atoms with E-state index in [1.54, 1.807) is 0 Å². The molecule has 0 aromatic carbocycles. The second kappa shape index (κ2) is 3.72. The van der Waals surface area contributed by atoms with E-state index in [9.17, 15) is 9.59 Å². The molecule has 0 saturated carbocycles. The Bertz CT molecular complexity index is 578. The van der Waals surface area contributed by atoms with Gasteiger partial charge in [-0.3, -0.25) is 4.57 Å². The summed E-state index contributed by atoms with van der Waals surface area (Å²) in [5, 5.41) is 0. The van der Waals surface area contributed by atoms with Gasteiger partial charge in [0, 0.05) is 12.7 Å². The molecule has 2 rings (SSSR count). The van der Waals surface area contributed by atoms with Crippen molar-refractivity contribution in [3.8, 4) is 0 Å². The molecule has 0 spiro atoms. The van der Waals surface area contributed by atoms with E-state index in [1.165, 1.54) is 10.8 Å². The number of hydrogen-bond donors (Lipinski definition) is 2. The van der Waals surface area contributed by atoms with Crippen LogP contribution in [0.2, 0.25) is 0 Å². The van der Waals surface area contributed by atoms with Gasteiger partial charge in [-0.1, -0.05) is 13.3 Å². The summed E-state index contributed by atoms with van der Waals surface area (Å²) >= 11 is 0. The molecule has 2 aromatic heterocycles. The van der Waals surface area contributed by atoms with Crippen LogP contribution in [0.3, 0.4) is 0 Å². The van der Waals surface area contributed by atoms with Gasteiger partial charge in [0.2, 0.25) is 0 Å². The first-order valence-electron chi connectivity index (χ1n) is 4.90. The molecule has 2 N–H and O–H groups in total. The zero-order valence-corrected chi connectivity index (χ0v) is 8.41. The maximum atomic E-state index is 11.5. The Balaban J connectivity index is 2.60. The van der Waals surface area contributed by atoms with Gasteiger partial charge in [0.15, 0.2) is 5.65 Å². The van der Waals surface area contributed by atoms with E-state index in [0.717, 1.165) is 12.8 Å². The van der Waals surface area contributed by atoms with Gasteiger partial charge in [-0.05, 0) is 6.42 Å². The Kier molecular flexibility index (Phi) is 2.40. The molecule has 0 amide bonds. The molecule has 0 atom stereocenters. The molecule has 0 aliphatic heterocycles. The zero-order valence-electron chi connectivity index (χ0n) is 8.41. The molecular formula is C9H12N4O2. The van der Waals surface area contributed by atoms with Gasteiger partial charge in [-0.15, -0.1) is 0 Å². The van der Waals surface area contributed by atoms with Crippen LogP contribution in [0, 0.1) is 0 Å². The minimum atomic E-state index is -0.438. The monoisotopic (exact) mass is 208 g/mol. The topological polar surface area (TPSA) is 83.5 Å². The molecule has 0 unspecified atom stereocenters. The third-order valence-corrected chi connectivity index (χ3v) is 2.27. The first kappa shape index (κ1) is 9.70. The number of nitrogens with zero attached hydrogens (tertiary/aromatic N) is 2. The Morgan fingerprint density at radius 3 is 3.00 bits per heavy atom. The van der Waals surface area contributed by atoms with Gasteiger partial charge in [-0.2, -0.15) is 4.98 Å². The summed E-state index contributed by atoms with van der Waals surface area (Å²) in [7, 11) is 0. The lowest BCUT2D eigenvalue weighted by atomic mass is 10.3. The van der Waals surface area contributed by atoms with Crippen LogP contribution in [0.25, 0.3) is 11.2 Å². The summed E-state index contributed by atoms with van der Waals surface area (Å²) in [6, 6.07) is 0. The molecular weight excluding hydrogens is 196 g/mol. The maximum absolute atomic E-state index is 11.5. The molecule has 2 aromatic rings. The molecule has 0 fully saturated rings. The van der Waals surface area contributed by atoms with Gasteiger partial charge in [0.1, 0.15) is 5.52 Å². The number of fused-ring (bicyclic) bond motifs is 1. The molecule has 15 heavy (non-hydrogen) atoms. The van der Waals surface area contributed by atoms with Crippen LogP contribution in [-0.4, -0.2) is 19.5 Å². The van der Waals surface area contributed by atoms with Gasteiger partial charge in [0.05, 0.1) is 0 Å². The van der Waals surface area contributed by atoms with Crippen LogP contribution in [0.15, 0.2) is 15.8 Å². The molecule has 0 aliphatic carbocycles. The number of aryl methyl sites for hydroxylation is 1. The van der Waals surface area contributed by atoms with Gasteiger partial charge >= 0.3 is 11.4 Å². The van der Waals surface area contributed by atoms with Crippen molar-refractivity contribution in [1.82, 2.24) is 19.5 Å². The van der Waals surface area contributed by atoms with Crippen LogP contribution in [0.1, 0.15) is 19.8 Å². The SMILES string of the molecule is CCCCn1c(=O)[nH]c2c[nH]c(=O)nc21. The lowest BCUT2D eigenvalue weighted by Crippen LogP contribution is -2.18. The highest BCUT2D eigenvalue weighted by Gasteiger charge is 2.07. The number of nitrogens with one attached hydrogen (secondary N) is 2. The van der Waals surface area contributed by atoms with Crippen molar-refractivity contribution in [3.05, 3.63) is 27.2 Å². The predicted octanol–water partition coefficient (Wildman–Crippen LogP) is 0.213. The van der Waals surface area contributed by atoms with E-state index < -0.39 is 5.69 Å². The Hall–Kier alpha value is -1.85. The average Bonchev–Trinajstić information content (AvgIpc) is 2.51. The van der Waals surface area contributed by atoms with Gasteiger partial charge < -0.3 is 9.97 Å². The number of hydrogen-bond acceptors (Lipinski definition) is 3.